The van der Waals surface area contributed by atoms with Crippen LogP contribution in [0.4, 0.5) is 0 Å². The first-order valence-corrected chi connectivity index (χ1v) is 6.25. The van der Waals surface area contributed by atoms with Crippen molar-refractivity contribution in [1.29, 1.82) is 0 Å². The van der Waals surface area contributed by atoms with Crippen molar-refractivity contribution < 1.29 is 14.3 Å². The molecule has 1 rings (SSSR count). The first-order valence-electron chi connectivity index (χ1n) is 6.25. The third kappa shape index (κ3) is 2.73. The van der Waals surface area contributed by atoms with Gasteiger partial charge in [0, 0.05) is 6.04 Å². The molecule has 2 N–H and O–H groups in total. The van der Waals surface area contributed by atoms with Crippen LogP contribution in [0.3, 0.4) is 0 Å². The highest BCUT2D eigenvalue weighted by atomic mass is 16.5. The van der Waals surface area contributed by atoms with Crippen LogP contribution in [0.2, 0.25) is 0 Å². The summed E-state index contributed by atoms with van der Waals surface area (Å²) >= 11 is 0. The molecule has 1 unspecified atom stereocenters. The Morgan fingerprint density at radius 3 is 2.26 bits per heavy atom. The molecule has 0 saturated heterocycles. The van der Waals surface area contributed by atoms with E-state index in [-0.39, 0.29) is 5.97 Å². The zero-order chi connectivity index (χ0) is 14.8. The van der Waals surface area contributed by atoms with Gasteiger partial charge >= 0.3 is 5.97 Å². The van der Waals surface area contributed by atoms with E-state index < -0.39 is 11.5 Å². The number of rotatable bonds is 4. The van der Waals surface area contributed by atoms with Gasteiger partial charge in [0.15, 0.2) is 0 Å². The lowest BCUT2D eigenvalue weighted by Crippen LogP contribution is -2.37. The Morgan fingerprint density at radius 2 is 1.79 bits per heavy atom. The lowest BCUT2D eigenvalue weighted by molar-refractivity contribution is -0.152. The van der Waals surface area contributed by atoms with Gasteiger partial charge in [0.1, 0.15) is 5.75 Å². The molecule has 4 heteroatoms. The van der Waals surface area contributed by atoms with E-state index in [2.05, 4.69) is 0 Å². The highest BCUT2D eigenvalue weighted by Gasteiger charge is 2.37. The predicted molar refractivity (Wildman–Crippen MR) is 75.2 cm³/mol. The number of esters is 1. The maximum Gasteiger partial charge on any atom is 0.313 e. The fraction of sp³-hybridized carbons (Fsp3) is 0.533. The van der Waals surface area contributed by atoms with Crippen molar-refractivity contribution in [2.45, 2.75) is 33.7 Å². The molecule has 0 fully saturated rings. The second-order valence-electron chi connectivity index (χ2n) is 5.30. The molecule has 0 aromatic heterocycles. The minimum atomic E-state index is -0.777. The van der Waals surface area contributed by atoms with Crippen molar-refractivity contribution in [3.05, 3.63) is 28.8 Å². The summed E-state index contributed by atoms with van der Waals surface area (Å²) in [6.07, 6.45) is 0. The second kappa shape index (κ2) is 5.61. The smallest absolute Gasteiger partial charge is 0.313 e. The molecule has 0 radical (unpaired) electrons. The fourth-order valence-corrected chi connectivity index (χ4v) is 2.15. The van der Waals surface area contributed by atoms with Gasteiger partial charge in [0.05, 0.1) is 19.6 Å². The first kappa shape index (κ1) is 15.5. The van der Waals surface area contributed by atoms with Crippen molar-refractivity contribution in [3.63, 3.8) is 0 Å². The maximum absolute atomic E-state index is 11.8. The monoisotopic (exact) mass is 265 g/mol. The van der Waals surface area contributed by atoms with Crippen molar-refractivity contribution in [1.82, 2.24) is 0 Å². The van der Waals surface area contributed by atoms with E-state index in [1.807, 2.05) is 26.0 Å². The van der Waals surface area contributed by atoms with Gasteiger partial charge in [-0.15, -0.1) is 0 Å². The molecular formula is C15H23NO3. The largest absolute Gasteiger partial charge is 0.496 e. The van der Waals surface area contributed by atoms with Gasteiger partial charge in [-0.2, -0.15) is 0 Å². The molecule has 0 spiro atoms. The van der Waals surface area contributed by atoms with Crippen LogP contribution in [0.15, 0.2) is 12.1 Å². The number of nitrogens with two attached hydrogens (primary N) is 1. The zero-order valence-electron chi connectivity index (χ0n) is 12.5. The molecule has 0 saturated carbocycles. The molecule has 0 heterocycles. The Morgan fingerprint density at radius 1 is 1.21 bits per heavy atom. The first-order chi connectivity index (χ1) is 8.77. The van der Waals surface area contributed by atoms with E-state index in [9.17, 15) is 4.79 Å². The summed E-state index contributed by atoms with van der Waals surface area (Å²) in [5.41, 5.74) is 8.51. The molecule has 106 valence electrons. The van der Waals surface area contributed by atoms with Crippen LogP contribution in [0.25, 0.3) is 0 Å². The van der Waals surface area contributed by atoms with Gasteiger partial charge in [-0.3, -0.25) is 4.79 Å². The van der Waals surface area contributed by atoms with Crippen molar-refractivity contribution in [2.75, 3.05) is 14.2 Å². The quantitative estimate of drug-likeness (QED) is 0.850. The average Bonchev–Trinajstić information content (AvgIpc) is 2.39. The van der Waals surface area contributed by atoms with E-state index in [1.54, 1.807) is 21.0 Å². The minimum Gasteiger partial charge on any atom is -0.496 e. The van der Waals surface area contributed by atoms with Crippen LogP contribution in [0.1, 0.15) is 36.6 Å². The van der Waals surface area contributed by atoms with Crippen LogP contribution in [0.5, 0.6) is 5.75 Å². The third-order valence-electron chi connectivity index (χ3n) is 3.82. The number of benzene rings is 1. The zero-order valence-corrected chi connectivity index (χ0v) is 12.5. The summed E-state index contributed by atoms with van der Waals surface area (Å²) in [7, 11) is 3.02. The van der Waals surface area contributed by atoms with Crippen LogP contribution in [0, 0.1) is 19.3 Å². The van der Waals surface area contributed by atoms with Gasteiger partial charge in [0.25, 0.3) is 0 Å². The highest BCUT2D eigenvalue weighted by Crippen LogP contribution is 2.36. The predicted octanol–water partition coefficient (Wildman–Crippen LogP) is 2.51. The molecule has 0 aliphatic rings. The van der Waals surface area contributed by atoms with Gasteiger partial charge in [-0.1, -0.05) is 6.07 Å². The second-order valence-corrected chi connectivity index (χ2v) is 5.30. The lowest BCUT2D eigenvalue weighted by Gasteiger charge is -2.30. The van der Waals surface area contributed by atoms with Crippen LogP contribution in [-0.2, 0) is 9.53 Å². The number of carbonyl (C=O) groups excluding carboxylic acids is 1. The molecule has 1 aromatic rings. The summed E-state index contributed by atoms with van der Waals surface area (Å²) in [5.74, 6) is 0.511. The molecule has 0 aliphatic heterocycles. The van der Waals surface area contributed by atoms with Crippen LogP contribution in [-0.4, -0.2) is 20.2 Å². The number of hydrogen-bond acceptors (Lipinski definition) is 4. The Kier molecular flexibility index (Phi) is 4.58. The van der Waals surface area contributed by atoms with Gasteiger partial charge in [-0.05, 0) is 50.5 Å². The Bertz CT molecular complexity index is 481. The Labute approximate surface area is 114 Å². The van der Waals surface area contributed by atoms with E-state index in [0.717, 1.165) is 22.4 Å². The standard InChI is InChI=1S/C15H23NO3/c1-9-10(2)12(18-5)8-7-11(9)13(16)15(3,4)14(17)19-6/h7-8,13H,16H2,1-6H3. The van der Waals surface area contributed by atoms with Gasteiger partial charge in [-0.25, -0.2) is 0 Å². The minimum absolute atomic E-state index is 0.312. The molecule has 1 atom stereocenters. The van der Waals surface area contributed by atoms with E-state index >= 15 is 0 Å². The van der Waals surface area contributed by atoms with E-state index in [1.165, 1.54) is 7.11 Å². The summed E-state index contributed by atoms with van der Waals surface area (Å²) in [6, 6.07) is 3.37. The lowest BCUT2D eigenvalue weighted by atomic mass is 9.79. The normalized spacial score (nSPS) is 13.0. The number of methoxy groups -OCH3 is 2. The fourth-order valence-electron chi connectivity index (χ4n) is 2.15. The summed E-state index contributed by atoms with van der Waals surface area (Å²) in [4.78, 5) is 11.8. The van der Waals surface area contributed by atoms with Crippen molar-refractivity contribution >= 4 is 5.97 Å². The summed E-state index contributed by atoms with van der Waals surface area (Å²) in [6.45, 7) is 7.56. The topological polar surface area (TPSA) is 61.5 Å². The average molecular weight is 265 g/mol. The van der Waals surface area contributed by atoms with Crippen LogP contribution >= 0.6 is 0 Å². The number of hydrogen-bond donors (Lipinski definition) is 1. The Hall–Kier alpha value is -1.55. The Balaban J connectivity index is 3.24. The van der Waals surface area contributed by atoms with Gasteiger partial charge in [0.2, 0.25) is 0 Å². The highest BCUT2D eigenvalue weighted by molar-refractivity contribution is 5.77. The van der Waals surface area contributed by atoms with Crippen molar-refractivity contribution in [2.24, 2.45) is 11.1 Å². The molecule has 1 aromatic carbocycles. The number of ether oxygens (including phenoxy) is 2. The van der Waals surface area contributed by atoms with Crippen molar-refractivity contribution in [3.8, 4) is 5.75 Å². The van der Waals surface area contributed by atoms with E-state index in [4.69, 9.17) is 15.2 Å². The maximum atomic E-state index is 11.8. The molecule has 0 aliphatic carbocycles. The molecule has 0 bridgehead atoms. The van der Waals surface area contributed by atoms with Crippen LogP contribution < -0.4 is 10.5 Å². The molecule has 4 nitrogen and oxygen atoms in total. The third-order valence-corrected chi connectivity index (χ3v) is 3.82. The van der Waals surface area contributed by atoms with E-state index in [0.29, 0.717) is 0 Å². The summed E-state index contributed by atoms with van der Waals surface area (Å²) in [5, 5.41) is 0. The summed E-state index contributed by atoms with van der Waals surface area (Å²) < 4.78 is 10.1. The number of carbonyl (C=O) groups is 1. The SMILES string of the molecule is COC(=O)C(C)(C)C(N)c1ccc(OC)c(C)c1C. The molecule has 19 heavy (non-hydrogen) atoms. The molecular weight excluding hydrogens is 242 g/mol. The molecule has 0 amide bonds. The van der Waals surface area contributed by atoms with Gasteiger partial charge < -0.3 is 15.2 Å².